The van der Waals surface area contributed by atoms with Gasteiger partial charge in [-0.3, -0.25) is 14.5 Å². The van der Waals surface area contributed by atoms with Crippen molar-refractivity contribution in [2.45, 2.75) is 12.1 Å². The molecule has 0 radical (unpaired) electrons. The van der Waals surface area contributed by atoms with E-state index in [0.29, 0.717) is 10.7 Å². The van der Waals surface area contributed by atoms with E-state index < -0.39 is 0 Å². The molecule has 0 aromatic heterocycles. The Morgan fingerprint density at radius 1 is 0.964 bits per heavy atom. The van der Waals surface area contributed by atoms with Gasteiger partial charge in [-0.25, -0.2) is 4.90 Å². The van der Waals surface area contributed by atoms with Crippen LogP contribution in [0.15, 0.2) is 60.7 Å². The quantitative estimate of drug-likeness (QED) is 0.719. The summed E-state index contributed by atoms with van der Waals surface area (Å²) in [5, 5.41) is 0.588. The number of carbonyl (C=O) groups excluding carboxylic acids is 2. The summed E-state index contributed by atoms with van der Waals surface area (Å²) in [5.41, 5.74) is 1.71. The van der Waals surface area contributed by atoms with Crippen LogP contribution in [0.2, 0.25) is 5.02 Å². The molecule has 0 aliphatic carbocycles. The van der Waals surface area contributed by atoms with Crippen molar-refractivity contribution in [2.75, 3.05) is 16.5 Å². The van der Waals surface area contributed by atoms with Crippen LogP contribution in [0.4, 0.5) is 5.69 Å². The van der Waals surface area contributed by atoms with Crippen molar-refractivity contribution in [1.29, 1.82) is 0 Å². The van der Waals surface area contributed by atoms with E-state index in [4.69, 9.17) is 11.6 Å². The highest BCUT2D eigenvalue weighted by atomic mass is 35.5. The van der Waals surface area contributed by atoms with Crippen LogP contribution in [0.5, 0.6) is 0 Å². The van der Waals surface area contributed by atoms with E-state index in [9.17, 15) is 9.59 Å². The maximum atomic E-state index is 13.3. The predicted molar refractivity (Wildman–Crippen MR) is 113 cm³/mol. The maximum absolute atomic E-state index is 13.3. The third-order valence-corrected chi connectivity index (χ3v) is 7.20. The maximum Gasteiger partial charge on any atom is 0.239 e. The lowest BCUT2D eigenvalue weighted by atomic mass is 9.89. The lowest BCUT2D eigenvalue weighted by molar-refractivity contribution is -0.123. The molecule has 3 saturated heterocycles. The lowest BCUT2D eigenvalue weighted by Crippen LogP contribution is -2.42. The fraction of sp³-hybridized carbons (Fsp3) is 0.273. The average molecular weight is 411 g/mol. The molecule has 3 aliphatic heterocycles. The minimum Gasteiger partial charge on any atom is -0.282 e. The number of amides is 2. The molecule has 0 unspecified atom stereocenters. The summed E-state index contributed by atoms with van der Waals surface area (Å²) in [7, 11) is 0. The van der Waals surface area contributed by atoms with Crippen molar-refractivity contribution in [3.63, 3.8) is 0 Å². The largest absolute Gasteiger partial charge is 0.282 e. The van der Waals surface area contributed by atoms with Crippen molar-refractivity contribution in [3.8, 4) is 0 Å². The summed E-state index contributed by atoms with van der Waals surface area (Å²) in [4.78, 5) is 30.3. The van der Waals surface area contributed by atoms with Gasteiger partial charge >= 0.3 is 0 Å². The van der Waals surface area contributed by atoms with Crippen molar-refractivity contribution in [1.82, 2.24) is 4.90 Å². The average Bonchev–Trinajstić information content (AvgIpc) is 3.35. The van der Waals surface area contributed by atoms with Gasteiger partial charge in [-0.05, 0) is 29.8 Å². The first-order valence-electron chi connectivity index (χ1n) is 9.35. The van der Waals surface area contributed by atoms with Crippen LogP contribution in [0.1, 0.15) is 5.56 Å². The zero-order valence-electron chi connectivity index (χ0n) is 15.1. The van der Waals surface area contributed by atoms with Gasteiger partial charge in [0.1, 0.15) is 0 Å². The van der Waals surface area contributed by atoms with Crippen molar-refractivity contribution in [3.05, 3.63) is 71.3 Å². The molecule has 0 spiro atoms. The second kappa shape index (κ2) is 7.07. The Bertz CT molecular complexity index is 947. The fourth-order valence-electron chi connectivity index (χ4n) is 4.62. The fourth-order valence-corrected chi connectivity index (χ4v) is 6.06. The van der Waals surface area contributed by atoms with Crippen LogP contribution < -0.4 is 4.90 Å². The molecule has 2 aromatic rings. The summed E-state index contributed by atoms with van der Waals surface area (Å²) >= 11 is 7.81. The minimum absolute atomic E-state index is 0.0565. The van der Waals surface area contributed by atoms with E-state index in [2.05, 4.69) is 17.1 Å². The van der Waals surface area contributed by atoms with Gasteiger partial charge in [0, 0.05) is 28.7 Å². The molecule has 3 heterocycles. The number of anilines is 1. The summed E-state index contributed by atoms with van der Waals surface area (Å²) < 4.78 is 0. The Morgan fingerprint density at radius 3 is 2.43 bits per heavy atom. The Labute approximate surface area is 173 Å². The molecule has 4 nitrogen and oxygen atoms in total. The Kier molecular flexibility index (Phi) is 4.54. The molecule has 3 aliphatic rings. The number of hydrogen-bond donors (Lipinski definition) is 0. The van der Waals surface area contributed by atoms with Gasteiger partial charge in [-0.1, -0.05) is 54.1 Å². The first-order valence-corrected chi connectivity index (χ1v) is 10.9. The number of hydrogen-bond acceptors (Lipinski definition) is 4. The summed E-state index contributed by atoms with van der Waals surface area (Å²) in [6, 6.07) is 17.1. The number of benzene rings is 2. The van der Waals surface area contributed by atoms with E-state index in [0.717, 1.165) is 17.2 Å². The normalized spacial score (nSPS) is 29.7. The number of carbonyl (C=O) groups is 2. The summed E-state index contributed by atoms with van der Waals surface area (Å²) in [5.74, 6) is 0.982. The first-order chi connectivity index (χ1) is 13.6. The molecule has 2 aromatic carbocycles. The van der Waals surface area contributed by atoms with E-state index in [1.807, 2.05) is 42.1 Å². The number of fused-ring (bicyclic) bond motifs is 3. The zero-order valence-corrected chi connectivity index (χ0v) is 16.6. The molecule has 2 amide bonds. The Balaban J connectivity index is 1.50. The smallest absolute Gasteiger partial charge is 0.239 e. The van der Waals surface area contributed by atoms with Gasteiger partial charge < -0.3 is 0 Å². The van der Waals surface area contributed by atoms with E-state index in [1.165, 1.54) is 4.90 Å². The molecular formula is C22H19ClN2O2S. The van der Waals surface area contributed by atoms with E-state index in [-0.39, 0.29) is 35.7 Å². The molecule has 0 saturated carbocycles. The van der Waals surface area contributed by atoms with Crippen LogP contribution in [0.3, 0.4) is 0 Å². The van der Waals surface area contributed by atoms with Crippen LogP contribution in [-0.2, 0) is 9.59 Å². The second-order valence-corrected chi connectivity index (χ2v) is 8.82. The van der Waals surface area contributed by atoms with Gasteiger partial charge in [0.15, 0.2) is 0 Å². The SMILES string of the molecule is O=C1[C@H]2[C@H](C(=O)N1c1ccc(Cl)cc1)[C@H]1CSCN1[C@@H]2/C=C/c1ccccc1. The number of nitrogens with zero attached hydrogens (tertiary/aromatic N) is 2. The molecule has 3 fully saturated rings. The van der Waals surface area contributed by atoms with Gasteiger partial charge in [-0.2, -0.15) is 0 Å². The molecule has 4 atom stereocenters. The molecular weight excluding hydrogens is 392 g/mol. The number of halogens is 1. The van der Waals surface area contributed by atoms with Gasteiger partial charge in [0.05, 0.1) is 17.5 Å². The van der Waals surface area contributed by atoms with Crippen molar-refractivity contribution >= 4 is 46.9 Å². The monoisotopic (exact) mass is 410 g/mol. The highest BCUT2D eigenvalue weighted by Crippen LogP contribution is 2.48. The van der Waals surface area contributed by atoms with Crippen LogP contribution in [0, 0.1) is 11.8 Å². The highest BCUT2D eigenvalue weighted by molar-refractivity contribution is 7.99. The third-order valence-electron chi connectivity index (χ3n) is 5.89. The van der Waals surface area contributed by atoms with Crippen molar-refractivity contribution in [2.24, 2.45) is 11.8 Å². The van der Waals surface area contributed by atoms with Gasteiger partial charge in [0.2, 0.25) is 11.8 Å². The number of rotatable bonds is 3. The topological polar surface area (TPSA) is 40.6 Å². The van der Waals surface area contributed by atoms with E-state index >= 15 is 0 Å². The third kappa shape index (κ3) is 2.81. The first kappa shape index (κ1) is 18.0. The Morgan fingerprint density at radius 2 is 1.68 bits per heavy atom. The summed E-state index contributed by atoms with van der Waals surface area (Å²) in [6.45, 7) is 0. The van der Waals surface area contributed by atoms with Gasteiger partial charge in [-0.15, -0.1) is 11.8 Å². The van der Waals surface area contributed by atoms with Crippen LogP contribution in [0.25, 0.3) is 6.08 Å². The van der Waals surface area contributed by atoms with Crippen LogP contribution >= 0.6 is 23.4 Å². The second-order valence-electron chi connectivity index (χ2n) is 7.38. The number of imide groups is 1. The molecule has 0 N–H and O–H groups in total. The minimum atomic E-state index is -0.325. The van der Waals surface area contributed by atoms with Crippen molar-refractivity contribution < 1.29 is 9.59 Å². The highest BCUT2D eigenvalue weighted by Gasteiger charge is 2.62. The zero-order chi connectivity index (χ0) is 19.3. The van der Waals surface area contributed by atoms with Gasteiger partial charge in [0.25, 0.3) is 0 Å². The van der Waals surface area contributed by atoms with Crippen LogP contribution in [-0.4, -0.2) is 40.4 Å². The summed E-state index contributed by atoms with van der Waals surface area (Å²) in [6.07, 6.45) is 4.17. The lowest BCUT2D eigenvalue weighted by Gasteiger charge is -2.25. The predicted octanol–water partition coefficient (Wildman–Crippen LogP) is 3.92. The molecule has 5 rings (SSSR count). The van der Waals surface area contributed by atoms with E-state index in [1.54, 1.807) is 24.3 Å². The Hall–Kier alpha value is -2.08. The molecule has 6 heteroatoms. The molecule has 142 valence electrons. The molecule has 28 heavy (non-hydrogen) atoms. The standard InChI is InChI=1S/C22H19ClN2O2S/c23-15-7-9-16(10-8-15)25-21(26)19-17(11-6-14-4-2-1-3-5-14)24-13-28-12-18(24)20(19)22(25)27/h1-11,17-20H,12-13H2/b11-6+/t17-,18-,19-,20-/m1/s1. The number of thioether (sulfide) groups is 1. The molecule has 0 bridgehead atoms.